The number of nitrogen functional groups attached to an aromatic ring is 1. The zero-order chi connectivity index (χ0) is 8.97. The maximum Gasteiger partial charge on any atom is 0.275 e. The molecule has 0 aromatic carbocycles. The van der Waals surface area contributed by atoms with Crippen LogP contribution in [0.25, 0.3) is 0 Å². The van der Waals surface area contributed by atoms with Crippen molar-refractivity contribution in [3.05, 3.63) is 16.7 Å². The van der Waals surface area contributed by atoms with Crippen LogP contribution in [0.15, 0.2) is 16.1 Å². The number of nitrogens with zero attached hydrogens (tertiary/aromatic N) is 1. The molecule has 0 saturated carbocycles. The Bertz CT molecular complexity index is 312. The van der Waals surface area contributed by atoms with Gasteiger partial charge in [0, 0.05) is 5.75 Å². The van der Waals surface area contributed by atoms with Gasteiger partial charge >= 0.3 is 0 Å². The third kappa shape index (κ3) is 1.99. The van der Waals surface area contributed by atoms with Crippen molar-refractivity contribution in [1.82, 2.24) is 9.97 Å². The van der Waals surface area contributed by atoms with Crippen molar-refractivity contribution >= 4 is 17.4 Å². The lowest BCUT2D eigenvalue weighted by atomic mass is 10.5. The number of thioether (sulfide) groups is 1. The van der Waals surface area contributed by atoms with Crippen molar-refractivity contribution in [3.8, 4) is 0 Å². The van der Waals surface area contributed by atoms with E-state index >= 15 is 0 Å². The second-order valence-electron chi connectivity index (χ2n) is 2.02. The number of H-pyrrole nitrogens is 1. The van der Waals surface area contributed by atoms with Crippen molar-refractivity contribution < 1.29 is 5.11 Å². The Balaban J connectivity index is 2.85. The molecule has 0 amide bonds. The van der Waals surface area contributed by atoms with Gasteiger partial charge < -0.3 is 15.8 Å². The van der Waals surface area contributed by atoms with E-state index in [1.165, 1.54) is 18.1 Å². The molecule has 0 fully saturated rings. The van der Waals surface area contributed by atoms with Gasteiger partial charge in [-0.05, 0) is 0 Å². The highest BCUT2D eigenvalue weighted by molar-refractivity contribution is 7.99. The summed E-state index contributed by atoms with van der Waals surface area (Å²) in [6.07, 6.45) is 1.29. The fourth-order valence-corrected chi connectivity index (χ4v) is 1.31. The second-order valence-corrected chi connectivity index (χ2v) is 3.11. The lowest BCUT2D eigenvalue weighted by Gasteiger charge is -1.99. The van der Waals surface area contributed by atoms with Crippen molar-refractivity contribution in [2.75, 3.05) is 18.1 Å². The number of nitrogens with two attached hydrogens (primary N) is 1. The van der Waals surface area contributed by atoms with Gasteiger partial charge in [-0.3, -0.25) is 4.79 Å². The topological polar surface area (TPSA) is 92.0 Å². The Kier molecular flexibility index (Phi) is 3.12. The van der Waals surface area contributed by atoms with E-state index < -0.39 is 0 Å². The maximum absolute atomic E-state index is 10.9. The molecule has 5 nitrogen and oxygen atoms in total. The van der Waals surface area contributed by atoms with Gasteiger partial charge in [-0.1, -0.05) is 0 Å². The van der Waals surface area contributed by atoms with Gasteiger partial charge in [0.15, 0.2) is 0 Å². The zero-order valence-corrected chi connectivity index (χ0v) is 7.10. The van der Waals surface area contributed by atoms with Crippen molar-refractivity contribution in [3.63, 3.8) is 0 Å². The monoisotopic (exact) mass is 187 g/mol. The normalized spacial score (nSPS) is 10.1. The summed E-state index contributed by atoms with van der Waals surface area (Å²) in [5, 5.41) is 8.98. The minimum atomic E-state index is -0.342. The van der Waals surface area contributed by atoms with E-state index in [4.69, 9.17) is 10.8 Å². The van der Waals surface area contributed by atoms with Crippen LogP contribution in [-0.4, -0.2) is 27.4 Å². The first kappa shape index (κ1) is 9.08. The molecule has 0 bridgehead atoms. The van der Waals surface area contributed by atoms with E-state index in [1.54, 1.807) is 0 Å². The van der Waals surface area contributed by atoms with Gasteiger partial charge in [0.2, 0.25) is 0 Å². The quantitative estimate of drug-likeness (QED) is 0.435. The summed E-state index contributed by atoms with van der Waals surface area (Å²) < 4.78 is 0. The molecule has 1 aromatic heterocycles. The van der Waals surface area contributed by atoms with E-state index in [9.17, 15) is 4.79 Å². The van der Waals surface area contributed by atoms with E-state index in [-0.39, 0.29) is 17.9 Å². The number of aromatic amines is 1. The molecule has 1 rings (SSSR count). The van der Waals surface area contributed by atoms with Crippen LogP contribution in [0.2, 0.25) is 0 Å². The van der Waals surface area contributed by atoms with E-state index in [2.05, 4.69) is 9.97 Å². The summed E-state index contributed by atoms with van der Waals surface area (Å²) >= 11 is 1.26. The van der Waals surface area contributed by atoms with Crippen molar-refractivity contribution in [2.24, 2.45) is 0 Å². The minimum Gasteiger partial charge on any atom is -0.396 e. The van der Waals surface area contributed by atoms with Crippen molar-refractivity contribution in [2.45, 2.75) is 5.03 Å². The molecule has 0 spiro atoms. The summed E-state index contributed by atoms with van der Waals surface area (Å²) in [6, 6.07) is 0. The molecule has 0 unspecified atom stereocenters. The Morgan fingerprint density at radius 2 is 2.50 bits per heavy atom. The number of hydrogen-bond donors (Lipinski definition) is 3. The first-order valence-corrected chi connectivity index (χ1v) is 4.31. The number of aliphatic hydroxyl groups excluding tert-OH is 1. The molecule has 0 aliphatic rings. The molecule has 0 saturated heterocycles. The van der Waals surface area contributed by atoms with Gasteiger partial charge in [-0.2, -0.15) is 0 Å². The number of aliphatic hydroxyl groups is 1. The van der Waals surface area contributed by atoms with Gasteiger partial charge in [0.25, 0.3) is 5.56 Å². The molecule has 0 aliphatic heterocycles. The molecule has 0 radical (unpaired) electrons. The first-order valence-electron chi connectivity index (χ1n) is 3.32. The lowest BCUT2D eigenvalue weighted by Crippen LogP contribution is -2.13. The number of rotatable bonds is 3. The highest BCUT2D eigenvalue weighted by Crippen LogP contribution is 2.17. The number of aromatic nitrogens is 2. The van der Waals surface area contributed by atoms with Gasteiger partial charge in [-0.15, -0.1) is 11.8 Å². The predicted octanol–water partition coefficient (Wildman–Crippen LogP) is -0.564. The average Bonchev–Trinajstić information content (AvgIpc) is 2.08. The first-order chi connectivity index (χ1) is 5.75. The van der Waals surface area contributed by atoms with Crippen molar-refractivity contribution in [1.29, 1.82) is 0 Å². The van der Waals surface area contributed by atoms with Crippen LogP contribution >= 0.6 is 11.8 Å². The summed E-state index contributed by atoms with van der Waals surface area (Å²) in [5.41, 5.74) is 5.18. The molecular formula is C6H9N3O2S. The Morgan fingerprint density at radius 3 is 3.17 bits per heavy atom. The molecule has 1 heterocycles. The van der Waals surface area contributed by atoms with E-state index in [1.807, 2.05) is 0 Å². The molecule has 66 valence electrons. The summed E-state index contributed by atoms with van der Waals surface area (Å²) in [7, 11) is 0. The minimum absolute atomic E-state index is 0.0403. The van der Waals surface area contributed by atoms with E-state index in [0.29, 0.717) is 10.8 Å². The summed E-state index contributed by atoms with van der Waals surface area (Å²) in [6.45, 7) is 0.0403. The van der Waals surface area contributed by atoms with Gasteiger partial charge in [0.05, 0.1) is 12.9 Å². The molecule has 0 aliphatic carbocycles. The molecule has 1 aromatic rings. The van der Waals surface area contributed by atoms with Crippen LogP contribution in [-0.2, 0) is 0 Å². The molecule has 0 atom stereocenters. The third-order valence-electron chi connectivity index (χ3n) is 1.18. The highest BCUT2D eigenvalue weighted by Gasteiger charge is 2.03. The second kappa shape index (κ2) is 4.13. The predicted molar refractivity (Wildman–Crippen MR) is 47.1 cm³/mol. The Hall–Kier alpha value is -1.01. The highest BCUT2D eigenvalue weighted by atomic mass is 32.2. The molecule has 4 N–H and O–H groups in total. The van der Waals surface area contributed by atoms with Crippen LogP contribution in [0.1, 0.15) is 0 Å². The average molecular weight is 187 g/mol. The number of anilines is 1. The largest absolute Gasteiger partial charge is 0.396 e. The Morgan fingerprint density at radius 1 is 1.75 bits per heavy atom. The molecule has 6 heteroatoms. The fourth-order valence-electron chi connectivity index (χ4n) is 0.651. The van der Waals surface area contributed by atoms with Crippen LogP contribution in [0.5, 0.6) is 0 Å². The van der Waals surface area contributed by atoms with Crippen LogP contribution in [0.3, 0.4) is 0 Å². The van der Waals surface area contributed by atoms with Gasteiger partial charge in [0.1, 0.15) is 10.7 Å². The zero-order valence-electron chi connectivity index (χ0n) is 6.28. The van der Waals surface area contributed by atoms with Crippen LogP contribution in [0, 0.1) is 0 Å². The van der Waals surface area contributed by atoms with Gasteiger partial charge in [-0.25, -0.2) is 4.98 Å². The number of nitrogens with one attached hydrogen (secondary N) is 1. The molecular weight excluding hydrogens is 178 g/mol. The van der Waals surface area contributed by atoms with Crippen LogP contribution in [0.4, 0.5) is 5.69 Å². The summed E-state index contributed by atoms with van der Waals surface area (Å²) in [5.74, 6) is 0.487. The third-order valence-corrected chi connectivity index (χ3v) is 2.17. The standard InChI is InChI=1S/C6H9N3O2S/c7-4-5(11)8-3-9-6(4)12-2-1-10/h3,10H,1-2,7H2,(H,8,9,11). The fraction of sp³-hybridized carbons (Fsp3) is 0.333. The SMILES string of the molecule is Nc1c(SCCO)nc[nH]c1=O. The lowest BCUT2D eigenvalue weighted by molar-refractivity contribution is 0.322. The molecule has 12 heavy (non-hydrogen) atoms. The Labute approximate surface area is 73.0 Å². The van der Waals surface area contributed by atoms with Crippen LogP contribution < -0.4 is 11.3 Å². The maximum atomic E-state index is 10.9. The smallest absolute Gasteiger partial charge is 0.275 e. The van der Waals surface area contributed by atoms with E-state index in [0.717, 1.165) is 0 Å². The summed E-state index contributed by atoms with van der Waals surface area (Å²) in [4.78, 5) is 17.1. The number of hydrogen-bond acceptors (Lipinski definition) is 5.